The molecule has 1 heterocycles. The zero-order valence-electron chi connectivity index (χ0n) is 9.20. The highest BCUT2D eigenvalue weighted by Gasteiger charge is 2.21. The van der Waals surface area contributed by atoms with E-state index in [1.54, 1.807) is 18.2 Å². The largest absolute Gasteiger partial charge is 0.271 e. The molecule has 0 fully saturated rings. The molecule has 1 unspecified atom stereocenters. The van der Waals surface area contributed by atoms with Crippen molar-refractivity contribution in [3.8, 4) is 0 Å². The SMILES string of the molecule is NNC(c1cccc(Cl)c1Cl)c1ncccc1F. The van der Waals surface area contributed by atoms with Gasteiger partial charge in [0.2, 0.25) is 0 Å². The van der Waals surface area contributed by atoms with E-state index >= 15 is 0 Å². The Balaban J connectivity index is 2.53. The van der Waals surface area contributed by atoms with Crippen molar-refractivity contribution in [3.05, 3.63) is 63.6 Å². The molecule has 6 heteroatoms. The van der Waals surface area contributed by atoms with Crippen molar-refractivity contribution < 1.29 is 4.39 Å². The minimum Gasteiger partial charge on any atom is -0.271 e. The van der Waals surface area contributed by atoms with Crippen LogP contribution in [0.4, 0.5) is 4.39 Å². The van der Waals surface area contributed by atoms with Gasteiger partial charge in [0.1, 0.15) is 5.82 Å². The lowest BCUT2D eigenvalue weighted by atomic mass is 10.0. The fourth-order valence-electron chi connectivity index (χ4n) is 1.67. The highest BCUT2D eigenvalue weighted by atomic mass is 35.5. The van der Waals surface area contributed by atoms with Crippen LogP contribution in [0.25, 0.3) is 0 Å². The van der Waals surface area contributed by atoms with Crippen LogP contribution in [0.15, 0.2) is 36.5 Å². The molecule has 0 aliphatic carbocycles. The van der Waals surface area contributed by atoms with Crippen molar-refractivity contribution in [1.82, 2.24) is 10.4 Å². The van der Waals surface area contributed by atoms with Gasteiger partial charge < -0.3 is 0 Å². The first-order valence-electron chi connectivity index (χ1n) is 5.15. The summed E-state index contributed by atoms with van der Waals surface area (Å²) in [6.07, 6.45) is 1.49. The molecule has 0 saturated carbocycles. The van der Waals surface area contributed by atoms with Crippen LogP contribution in [0.3, 0.4) is 0 Å². The van der Waals surface area contributed by atoms with Crippen LogP contribution in [0.5, 0.6) is 0 Å². The molecule has 2 rings (SSSR count). The van der Waals surface area contributed by atoms with Crippen molar-refractivity contribution in [2.24, 2.45) is 5.84 Å². The number of benzene rings is 1. The van der Waals surface area contributed by atoms with Crippen molar-refractivity contribution in [2.75, 3.05) is 0 Å². The Morgan fingerprint density at radius 1 is 1.22 bits per heavy atom. The molecule has 3 nitrogen and oxygen atoms in total. The third-order valence-electron chi connectivity index (χ3n) is 2.52. The molecule has 0 aliphatic rings. The molecule has 2 aromatic rings. The molecule has 3 N–H and O–H groups in total. The second-order valence-corrected chi connectivity index (χ2v) is 4.40. The Hall–Kier alpha value is -1.20. The average molecular weight is 286 g/mol. The van der Waals surface area contributed by atoms with E-state index in [1.165, 1.54) is 18.3 Å². The smallest absolute Gasteiger partial charge is 0.146 e. The highest BCUT2D eigenvalue weighted by Crippen LogP contribution is 2.32. The molecule has 0 saturated heterocycles. The lowest BCUT2D eigenvalue weighted by Crippen LogP contribution is -2.30. The van der Waals surface area contributed by atoms with E-state index in [-0.39, 0.29) is 5.69 Å². The monoisotopic (exact) mass is 285 g/mol. The maximum atomic E-state index is 13.7. The second-order valence-electron chi connectivity index (χ2n) is 3.61. The first kappa shape index (κ1) is 13.2. The van der Waals surface area contributed by atoms with Crippen molar-refractivity contribution in [3.63, 3.8) is 0 Å². The number of hydrazine groups is 1. The molecule has 0 amide bonds. The van der Waals surface area contributed by atoms with Gasteiger partial charge in [-0.05, 0) is 23.8 Å². The van der Waals surface area contributed by atoms with Crippen molar-refractivity contribution in [2.45, 2.75) is 6.04 Å². The molecule has 94 valence electrons. The molecule has 0 aliphatic heterocycles. The lowest BCUT2D eigenvalue weighted by molar-refractivity contribution is 0.544. The number of aromatic nitrogens is 1. The number of hydrogen-bond acceptors (Lipinski definition) is 3. The zero-order valence-corrected chi connectivity index (χ0v) is 10.7. The number of nitrogens with one attached hydrogen (secondary N) is 1. The van der Waals surface area contributed by atoms with Gasteiger partial charge in [-0.2, -0.15) is 0 Å². The van der Waals surface area contributed by atoms with Crippen molar-refractivity contribution in [1.29, 1.82) is 0 Å². The summed E-state index contributed by atoms with van der Waals surface area (Å²) < 4.78 is 13.7. The minimum atomic E-state index is -0.655. The third-order valence-corrected chi connectivity index (χ3v) is 3.35. The summed E-state index contributed by atoms with van der Waals surface area (Å²) in [4.78, 5) is 3.98. The molecule has 18 heavy (non-hydrogen) atoms. The predicted octanol–water partition coefficient (Wildman–Crippen LogP) is 3.08. The Labute approximate surface area is 114 Å². The maximum absolute atomic E-state index is 13.7. The normalized spacial score (nSPS) is 12.4. The summed E-state index contributed by atoms with van der Waals surface area (Å²) in [6.45, 7) is 0. The molecule has 0 radical (unpaired) electrons. The highest BCUT2D eigenvalue weighted by molar-refractivity contribution is 6.42. The Morgan fingerprint density at radius 2 is 2.00 bits per heavy atom. The van der Waals surface area contributed by atoms with Gasteiger partial charge >= 0.3 is 0 Å². The lowest BCUT2D eigenvalue weighted by Gasteiger charge is -2.18. The van der Waals surface area contributed by atoms with Crippen LogP contribution < -0.4 is 11.3 Å². The van der Waals surface area contributed by atoms with Gasteiger partial charge in [0.05, 0.1) is 21.8 Å². The summed E-state index contributed by atoms with van der Waals surface area (Å²) in [6, 6.07) is 7.24. The summed E-state index contributed by atoms with van der Waals surface area (Å²) >= 11 is 12.0. The van der Waals surface area contributed by atoms with Gasteiger partial charge in [-0.15, -0.1) is 0 Å². The summed E-state index contributed by atoms with van der Waals surface area (Å²) in [5.41, 5.74) is 3.24. The van der Waals surface area contributed by atoms with Gasteiger partial charge in [-0.3, -0.25) is 10.8 Å². The first-order chi connectivity index (χ1) is 8.65. The quantitative estimate of drug-likeness (QED) is 0.673. The van der Waals surface area contributed by atoms with E-state index in [2.05, 4.69) is 10.4 Å². The molecule has 1 aromatic heterocycles. The molecular weight excluding hydrogens is 276 g/mol. The fraction of sp³-hybridized carbons (Fsp3) is 0.0833. The summed E-state index contributed by atoms with van der Waals surface area (Å²) in [5, 5.41) is 0.706. The molecule has 1 atom stereocenters. The number of pyridine rings is 1. The number of hydrogen-bond donors (Lipinski definition) is 2. The first-order valence-corrected chi connectivity index (χ1v) is 5.91. The van der Waals surface area contributed by atoms with Crippen LogP contribution >= 0.6 is 23.2 Å². The standard InChI is InChI=1S/C12H10Cl2FN3/c13-8-4-1-3-7(10(8)14)11(18-16)12-9(15)5-2-6-17-12/h1-6,11,18H,16H2. The van der Waals surface area contributed by atoms with Crippen molar-refractivity contribution >= 4 is 23.2 Å². The van der Waals surface area contributed by atoms with E-state index in [0.29, 0.717) is 15.6 Å². The number of nitrogens with two attached hydrogens (primary N) is 1. The van der Waals surface area contributed by atoms with E-state index in [4.69, 9.17) is 29.0 Å². The summed E-state index contributed by atoms with van der Waals surface area (Å²) in [7, 11) is 0. The zero-order chi connectivity index (χ0) is 13.1. The van der Waals surface area contributed by atoms with E-state index in [0.717, 1.165) is 0 Å². The van der Waals surface area contributed by atoms with Crippen LogP contribution in [0, 0.1) is 5.82 Å². The van der Waals surface area contributed by atoms with Crippen LogP contribution in [-0.2, 0) is 0 Å². The van der Waals surface area contributed by atoms with Crippen LogP contribution in [0.2, 0.25) is 10.0 Å². The number of rotatable bonds is 3. The second kappa shape index (κ2) is 5.63. The van der Waals surface area contributed by atoms with Crippen LogP contribution in [0.1, 0.15) is 17.3 Å². The molecule has 0 bridgehead atoms. The maximum Gasteiger partial charge on any atom is 0.146 e. The summed E-state index contributed by atoms with van der Waals surface area (Å²) in [5.74, 6) is 5.00. The van der Waals surface area contributed by atoms with Crippen LogP contribution in [-0.4, -0.2) is 4.98 Å². The Morgan fingerprint density at radius 3 is 2.67 bits per heavy atom. The van der Waals surface area contributed by atoms with E-state index < -0.39 is 11.9 Å². The Kier molecular flexibility index (Phi) is 4.14. The van der Waals surface area contributed by atoms with Gasteiger partial charge in [0.25, 0.3) is 0 Å². The fourth-order valence-corrected chi connectivity index (χ4v) is 2.09. The molecular formula is C12H10Cl2FN3. The average Bonchev–Trinajstić information content (AvgIpc) is 2.37. The van der Waals surface area contributed by atoms with Gasteiger partial charge in [-0.1, -0.05) is 35.3 Å². The molecule has 0 spiro atoms. The van der Waals surface area contributed by atoms with Gasteiger partial charge in [0.15, 0.2) is 0 Å². The Bertz CT molecular complexity index is 563. The minimum absolute atomic E-state index is 0.171. The van der Waals surface area contributed by atoms with E-state index in [1.807, 2.05) is 0 Å². The van der Waals surface area contributed by atoms with E-state index in [9.17, 15) is 4.39 Å². The molecule has 1 aromatic carbocycles. The van der Waals surface area contributed by atoms with Gasteiger partial charge in [-0.25, -0.2) is 9.82 Å². The topological polar surface area (TPSA) is 50.9 Å². The van der Waals surface area contributed by atoms with Gasteiger partial charge in [0, 0.05) is 6.20 Å². The predicted molar refractivity (Wildman–Crippen MR) is 69.8 cm³/mol. The number of nitrogens with zero attached hydrogens (tertiary/aromatic N) is 1. The number of halogens is 3. The third kappa shape index (κ3) is 2.47.